The van der Waals surface area contributed by atoms with Crippen LogP contribution < -0.4 is 11.1 Å². The van der Waals surface area contributed by atoms with Crippen molar-refractivity contribution < 1.29 is 18.0 Å². The molecule has 1 atom stereocenters. The van der Waals surface area contributed by atoms with Crippen molar-refractivity contribution in [2.45, 2.75) is 25.6 Å². The average molecular weight is 330 g/mol. The van der Waals surface area contributed by atoms with Crippen LogP contribution in [0.5, 0.6) is 0 Å². The number of nitrogens with one attached hydrogen (secondary N) is 1. The lowest BCUT2D eigenvalue weighted by Crippen LogP contribution is -2.28. The standard InChI is InChI=1S/C13H13F3N4OS/c1-7(11-19-20-12(17)22-11)18-10(21)6-8-4-2-3-5-9(8)13(14,15)16/h2-5,7H,6H2,1H3,(H2,17,20)(H,18,21)/t7-/m0/s1. The molecule has 0 aliphatic rings. The number of amides is 1. The van der Waals surface area contributed by atoms with Gasteiger partial charge in [0.15, 0.2) is 0 Å². The van der Waals surface area contributed by atoms with Crippen LogP contribution in [-0.4, -0.2) is 16.1 Å². The predicted molar refractivity (Wildman–Crippen MR) is 76.0 cm³/mol. The minimum atomic E-state index is -4.49. The predicted octanol–water partition coefficient (Wildman–Crippen LogP) is 2.56. The van der Waals surface area contributed by atoms with Crippen LogP contribution in [0.1, 0.15) is 29.1 Å². The summed E-state index contributed by atoms with van der Waals surface area (Å²) in [4.78, 5) is 11.9. The first kappa shape index (κ1) is 16.2. The third-order valence-corrected chi connectivity index (χ3v) is 3.81. The van der Waals surface area contributed by atoms with Crippen LogP contribution in [0.4, 0.5) is 18.3 Å². The molecule has 1 aromatic heterocycles. The third-order valence-electron chi connectivity index (χ3n) is 2.88. The summed E-state index contributed by atoms with van der Waals surface area (Å²) >= 11 is 1.11. The van der Waals surface area contributed by atoms with Crippen LogP contribution >= 0.6 is 11.3 Å². The Morgan fingerprint density at radius 1 is 1.36 bits per heavy atom. The Labute approximate surface area is 128 Å². The molecule has 0 fully saturated rings. The van der Waals surface area contributed by atoms with E-state index in [-0.39, 0.29) is 17.1 Å². The Hall–Kier alpha value is -2.16. The van der Waals surface area contributed by atoms with Crippen LogP contribution in [0.3, 0.4) is 0 Å². The lowest BCUT2D eigenvalue weighted by Gasteiger charge is -2.14. The molecule has 1 heterocycles. The molecule has 2 rings (SSSR count). The second-order valence-corrected chi connectivity index (χ2v) is 5.64. The summed E-state index contributed by atoms with van der Waals surface area (Å²) in [5.74, 6) is -0.530. The van der Waals surface area contributed by atoms with Gasteiger partial charge in [-0.2, -0.15) is 13.2 Å². The van der Waals surface area contributed by atoms with E-state index in [0.29, 0.717) is 5.01 Å². The molecule has 5 nitrogen and oxygen atoms in total. The summed E-state index contributed by atoms with van der Waals surface area (Å²) in [5.41, 5.74) is 4.57. The molecule has 9 heteroatoms. The van der Waals surface area contributed by atoms with Gasteiger partial charge in [0.25, 0.3) is 0 Å². The summed E-state index contributed by atoms with van der Waals surface area (Å²) in [5, 5.41) is 10.7. The average Bonchev–Trinajstić information content (AvgIpc) is 2.84. The van der Waals surface area contributed by atoms with E-state index in [0.717, 1.165) is 17.4 Å². The molecule has 1 amide bonds. The number of alkyl halides is 3. The fourth-order valence-electron chi connectivity index (χ4n) is 1.90. The molecular formula is C13H13F3N4OS. The molecule has 3 N–H and O–H groups in total. The van der Waals surface area contributed by atoms with Gasteiger partial charge in [0.05, 0.1) is 18.0 Å². The topological polar surface area (TPSA) is 80.9 Å². The van der Waals surface area contributed by atoms with E-state index >= 15 is 0 Å². The maximum absolute atomic E-state index is 12.9. The molecule has 22 heavy (non-hydrogen) atoms. The zero-order valence-corrected chi connectivity index (χ0v) is 12.3. The first-order chi connectivity index (χ1) is 10.3. The molecule has 0 aliphatic heterocycles. The van der Waals surface area contributed by atoms with E-state index in [4.69, 9.17) is 5.73 Å². The van der Waals surface area contributed by atoms with Gasteiger partial charge < -0.3 is 11.1 Å². The number of carbonyl (C=O) groups is 1. The van der Waals surface area contributed by atoms with Crippen molar-refractivity contribution in [3.05, 3.63) is 40.4 Å². The Balaban J connectivity index is 2.07. The van der Waals surface area contributed by atoms with Gasteiger partial charge >= 0.3 is 6.18 Å². The van der Waals surface area contributed by atoms with Crippen molar-refractivity contribution in [1.82, 2.24) is 15.5 Å². The van der Waals surface area contributed by atoms with Gasteiger partial charge in [-0.1, -0.05) is 29.5 Å². The minimum absolute atomic E-state index is 0.0727. The van der Waals surface area contributed by atoms with Gasteiger partial charge in [-0.05, 0) is 18.6 Å². The van der Waals surface area contributed by atoms with E-state index in [9.17, 15) is 18.0 Å². The quantitative estimate of drug-likeness (QED) is 0.903. The normalized spacial score (nSPS) is 12.9. The molecule has 0 saturated carbocycles. The van der Waals surface area contributed by atoms with Gasteiger partial charge in [0.1, 0.15) is 5.01 Å². The monoisotopic (exact) mass is 330 g/mol. The fraction of sp³-hybridized carbons (Fsp3) is 0.308. The van der Waals surface area contributed by atoms with Crippen LogP contribution in [0.25, 0.3) is 0 Å². The first-order valence-corrected chi connectivity index (χ1v) is 7.12. The second kappa shape index (κ2) is 6.30. The Kier molecular flexibility index (Phi) is 4.65. The molecule has 1 aromatic carbocycles. The van der Waals surface area contributed by atoms with E-state index in [1.807, 2.05) is 0 Å². The lowest BCUT2D eigenvalue weighted by atomic mass is 10.0. The van der Waals surface area contributed by atoms with Crippen LogP contribution in [0.2, 0.25) is 0 Å². The highest BCUT2D eigenvalue weighted by Gasteiger charge is 2.33. The Morgan fingerprint density at radius 3 is 2.64 bits per heavy atom. The van der Waals surface area contributed by atoms with Crippen molar-refractivity contribution in [3.63, 3.8) is 0 Å². The van der Waals surface area contributed by atoms with Crippen LogP contribution in [-0.2, 0) is 17.4 Å². The zero-order valence-electron chi connectivity index (χ0n) is 11.5. The van der Waals surface area contributed by atoms with Gasteiger partial charge in [-0.3, -0.25) is 4.79 Å². The minimum Gasteiger partial charge on any atom is -0.374 e. The smallest absolute Gasteiger partial charge is 0.374 e. The highest BCUT2D eigenvalue weighted by Crippen LogP contribution is 2.32. The Bertz CT molecular complexity index is 671. The van der Waals surface area contributed by atoms with Crippen LogP contribution in [0.15, 0.2) is 24.3 Å². The van der Waals surface area contributed by atoms with Crippen molar-refractivity contribution in [2.24, 2.45) is 0 Å². The zero-order chi connectivity index (χ0) is 16.3. The molecule has 0 saturated heterocycles. The summed E-state index contributed by atoms with van der Waals surface area (Å²) in [6, 6.07) is 4.53. The van der Waals surface area contributed by atoms with E-state index in [2.05, 4.69) is 15.5 Å². The van der Waals surface area contributed by atoms with Gasteiger partial charge in [0.2, 0.25) is 11.0 Å². The highest BCUT2D eigenvalue weighted by atomic mass is 32.1. The number of anilines is 1. The second-order valence-electron chi connectivity index (χ2n) is 4.60. The molecule has 0 unspecified atom stereocenters. The number of hydrogen-bond donors (Lipinski definition) is 2. The number of nitrogens with two attached hydrogens (primary N) is 1. The maximum Gasteiger partial charge on any atom is 0.416 e. The van der Waals surface area contributed by atoms with Gasteiger partial charge in [-0.15, -0.1) is 10.2 Å². The fourth-order valence-corrected chi connectivity index (χ4v) is 2.51. The maximum atomic E-state index is 12.9. The number of rotatable bonds is 4. The van der Waals surface area contributed by atoms with E-state index in [1.165, 1.54) is 18.2 Å². The van der Waals surface area contributed by atoms with Crippen molar-refractivity contribution in [2.75, 3.05) is 5.73 Å². The molecule has 0 bridgehead atoms. The van der Waals surface area contributed by atoms with E-state index in [1.54, 1.807) is 6.92 Å². The molecule has 2 aromatic rings. The molecule has 0 spiro atoms. The summed E-state index contributed by atoms with van der Waals surface area (Å²) < 4.78 is 38.6. The summed E-state index contributed by atoms with van der Waals surface area (Å²) in [7, 11) is 0. The molecule has 0 radical (unpaired) electrons. The lowest BCUT2D eigenvalue weighted by molar-refractivity contribution is -0.138. The Morgan fingerprint density at radius 2 is 2.05 bits per heavy atom. The number of hydrogen-bond acceptors (Lipinski definition) is 5. The van der Waals surface area contributed by atoms with Crippen LogP contribution in [0, 0.1) is 0 Å². The van der Waals surface area contributed by atoms with Crippen molar-refractivity contribution in [3.8, 4) is 0 Å². The number of halogens is 3. The summed E-state index contributed by atoms with van der Waals surface area (Å²) in [6.07, 6.45) is -4.86. The van der Waals surface area contributed by atoms with Crippen molar-refractivity contribution in [1.29, 1.82) is 0 Å². The largest absolute Gasteiger partial charge is 0.416 e. The van der Waals surface area contributed by atoms with Crippen molar-refractivity contribution >= 4 is 22.4 Å². The third kappa shape index (κ3) is 3.94. The molecule has 118 valence electrons. The van der Waals surface area contributed by atoms with Gasteiger partial charge in [-0.25, -0.2) is 0 Å². The summed E-state index contributed by atoms with van der Waals surface area (Å²) in [6.45, 7) is 1.66. The molecular weight excluding hydrogens is 317 g/mol. The number of aromatic nitrogens is 2. The SMILES string of the molecule is C[C@H](NC(=O)Cc1ccccc1C(F)(F)F)c1nnc(N)s1. The number of nitrogens with zero attached hydrogens (tertiary/aromatic N) is 2. The highest BCUT2D eigenvalue weighted by molar-refractivity contribution is 7.15. The number of carbonyl (C=O) groups excluding carboxylic acids is 1. The van der Waals surface area contributed by atoms with Gasteiger partial charge in [0, 0.05) is 0 Å². The number of nitrogen functional groups attached to an aromatic ring is 1. The molecule has 0 aliphatic carbocycles. The van der Waals surface area contributed by atoms with E-state index < -0.39 is 23.7 Å². The number of benzene rings is 1. The first-order valence-electron chi connectivity index (χ1n) is 6.30.